The van der Waals surface area contributed by atoms with Crippen LogP contribution in [0.4, 0.5) is 5.69 Å². The molecular weight excluding hydrogens is 410 g/mol. The van der Waals surface area contributed by atoms with Gasteiger partial charge in [-0.2, -0.15) is 0 Å². The third kappa shape index (κ3) is 6.17. The van der Waals surface area contributed by atoms with E-state index in [1.165, 1.54) is 0 Å². The Hall–Kier alpha value is -2.21. The van der Waals surface area contributed by atoms with Gasteiger partial charge in [0.25, 0.3) is 0 Å². The predicted molar refractivity (Wildman–Crippen MR) is 111 cm³/mol. The summed E-state index contributed by atoms with van der Waals surface area (Å²) in [5, 5.41) is 0. The molecule has 2 aromatic carbocycles. The van der Waals surface area contributed by atoms with E-state index in [2.05, 4.69) is 15.9 Å². The van der Waals surface area contributed by atoms with Crippen molar-refractivity contribution >= 4 is 27.6 Å². The second kappa shape index (κ2) is 9.13. The smallest absolute Gasteiger partial charge is 0.326 e. The predicted octanol–water partition coefficient (Wildman–Crippen LogP) is 4.81. The molecule has 0 spiro atoms. The molecule has 0 saturated carbocycles. The average molecular weight is 436 g/mol. The number of carbonyl (C=O) groups is 1. The molecule has 0 heterocycles. The standard InChI is InChI=1S/C21H26BrNO4/c1-21(2,3)27-20(24)14-23(16-9-7-6-8-10-16)13-15-11-18(25-4)19(26-5)12-17(15)22/h6-12H,13-14H2,1-5H3. The molecule has 0 N–H and O–H groups in total. The lowest BCUT2D eigenvalue weighted by Gasteiger charge is -2.27. The summed E-state index contributed by atoms with van der Waals surface area (Å²) >= 11 is 3.59. The first-order valence-corrected chi connectivity index (χ1v) is 9.45. The molecule has 6 heteroatoms. The van der Waals surface area contributed by atoms with Crippen molar-refractivity contribution in [3.8, 4) is 11.5 Å². The maximum Gasteiger partial charge on any atom is 0.326 e. The van der Waals surface area contributed by atoms with E-state index in [9.17, 15) is 4.79 Å². The summed E-state index contributed by atoms with van der Waals surface area (Å²) in [6.07, 6.45) is 0. The summed E-state index contributed by atoms with van der Waals surface area (Å²) in [5.41, 5.74) is 1.38. The van der Waals surface area contributed by atoms with Gasteiger partial charge in [0.15, 0.2) is 11.5 Å². The van der Waals surface area contributed by atoms with Crippen molar-refractivity contribution in [2.45, 2.75) is 32.9 Å². The van der Waals surface area contributed by atoms with Gasteiger partial charge in [0.05, 0.1) is 14.2 Å². The summed E-state index contributed by atoms with van der Waals surface area (Å²) in [5.74, 6) is 1.01. The molecule has 0 atom stereocenters. The third-order valence-corrected chi connectivity index (χ3v) is 4.51. The second-order valence-electron chi connectivity index (χ2n) is 7.08. The highest BCUT2D eigenvalue weighted by Gasteiger charge is 2.21. The fourth-order valence-electron chi connectivity index (χ4n) is 2.63. The van der Waals surface area contributed by atoms with Crippen LogP contribution in [0.25, 0.3) is 0 Å². The van der Waals surface area contributed by atoms with Gasteiger partial charge in [0.2, 0.25) is 0 Å². The van der Waals surface area contributed by atoms with Gasteiger partial charge in [-0.3, -0.25) is 4.79 Å². The van der Waals surface area contributed by atoms with Gasteiger partial charge in [-0.1, -0.05) is 34.1 Å². The van der Waals surface area contributed by atoms with Crippen molar-refractivity contribution in [2.75, 3.05) is 25.7 Å². The molecule has 0 aliphatic heterocycles. The van der Waals surface area contributed by atoms with Crippen LogP contribution in [0, 0.1) is 0 Å². The molecule has 0 saturated heterocycles. The number of nitrogens with zero attached hydrogens (tertiary/aromatic N) is 1. The largest absolute Gasteiger partial charge is 0.493 e. The van der Waals surface area contributed by atoms with E-state index in [1.807, 2.05) is 68.1 Å². The van der Waals surface area contributed by atoms with Gasteiger partial charge >= 0.3 is 5.97 Å². The molecule has 2 aromatic rings. The minimum absolute atomic E-state index is 0.141. The van der Waals surface area contributed by atoms with Crippen LogP contribution >= 0.6 is 15.9 Å². The SMILES string of the molecule is COc1cc(Br)c(CN(CC(=O)OC(C)(C)C)c2ccccc2)cc1OC. The van der Waals surface area contributed by atoms with Crippen LogP contribution in [0.3, 0.4) is 0 Å². The average Bonchev–Trinajstić information content (AvgIpc) is 2.61. The van der Waals surface area contributed by atoms with E-state index in [0.717, 1.165) is 15.7 Å². The van der Waals surface area contributed by atoms with Crippen molar-refractivity contribution in [1.29, 1.82) is 0 Å². The van der Waals surface area contributed by atoms with Gasteiger partial charge in [-0.05, 0) is 50.6 Å². The molecule has 0 aliphatic carbocycles. The Morgan fingerprint density at radius 2 is 1.63 bits per heavy atom. The number of rotatable bonds is 7. The molecule has 146 valence electrons. The van der Waals surface area contributed by atoms with E-state index in [4.69, 9.17) is 14.2 Å². The zero-order chi connectivity index (χ0) is 20.0. The summed E-state index contributed by atoms with van der Waals surface area (Å²) in [7, 11) is 3.20. The number of carbonyl (C=O) groups excluding carboxylic acids is 1. The number of para-hydroxylation sites is 1. The molecule has 0 bridgehead atoms. The van der Waals surface area contributed by atoms with Crippen LogP contribution in [0.5, 0.6) is 11.5 Å². The minimum atomic E-state index is -0.524. The molecule has 5 nitrogen and oxygen atoms in total. The Morgan fingerprint density at radius 3 is 2.19 bits per heavy atom. The summed E-state index contributed by atoms with van der Waals surface area (Å²) in [6.45, 7) is 6.24. The molecule has 0 unspecified atom stereocenters. The Bertz CT molecular complexity index is 772. The Balaban J connectivity index is 2.31. The van der Waals surface area contributed by atoms with Crippen molar-refractivity contribution in [2.24, 2.45) is 0 Å². The number of methoxy groups -OCH3 is 2. The van der Waals surface area contributed by atoms with E-state index < -0.39 is 5.60 Å². The quantitative estimate of drug-likeness (QED) is 0.583. The van der Waals surface area contributed by atoms with Gasteiger partial charge in [0.1, 0.15) is 12.1 Å². The maximum absolute atomic E-state index is 12.4. The van der Waals surface area contributed by atoms with Crippen LogP contribution in [-0.4, -0.2) is 32.3 Å². The molecule has 2 rings (SSSR count). The zero-order valence-electron chi connectivity index (χ0n) is 16.4. The Labute approximate surface area is 169 Å². The van der Waals surface area contributed by atoms with E-state index in [0.29, 0.717) is 18.0 Å². The normalized spacial score (nSPS) is 11.0. The fraction of sp³-hybridized carbons (Fsp3) is 0.381. The fourth-order valence-corrected chi connectivity index (χ4v) is 3.08. The second-order valence-corrected chi connectivity index (χ2v) is 7.93. The molecule has 0 aliphatic rings. The molecule has 0 amide bonds. The van der Waals surface area contributed by atoms with Gasteiger partial charge in [0, 0.05) is 16.7 Å². The number of hydrogen-bond acceptors (Lipinski definition) is 5. The zero-order valence-corrected chi connectivity index (χ0v) is 18.0. The number of halogens is 1. The maximum atomic E-state index is 12.4. The van der Waals surface area contributed by atoms with Crippen LogP contribution in [-0.2, 0) is 16.1 Å². The summed E-state index contributed by atoms with van der Waals surface area (Å²) < 4.78 is 17.1. The number of ether oxygens (including phenoxy) is 3. The van der Waals surface area contributed by atoms with Gasteiger partial charge in [-0.25, -0.2) is 0 Å². The van der Waals surface area contributed by atoms with Gasteiger partial charge in [-0.15, -0.1) is 0 Å². The van der Waals surface area contributed by atoms with Crippen molar-refractivity contribution in [1.82, 2.24) is 0 Å². The minimum Gasteiger partial charge on any atom is -0.493 e. The van der Waals surface area contributed by atoms with Crippen LogP contribution in [0.1, 0.15) is 26.3 Å². The van der Waals surface area contributed by atoms with Crippen molar-refractivity contribution in [3.05, 3.63) is 52.5 Å². The van der Waals surface area contributed by atoms with Crippen molar-refractivity contribution in [3.63, 3.8) is 0 Å². The number of benzene rings is 2. The molecule has 0 radical (unpaired) electrons. The first kappa shape index (κ1) is 21.1. The third-order valence-electron chi connectivity index (χ3n) is 3.78. The topological polar surface area (TPSA) is 48.0 Å². The summed E-state index contributed by atoms with van der Waals surface area (Å²) in [6, 6.07) is 13.6. The van der Waals surface area contributed by atoms with E-state index >= 15 is 0 Å². The molecular formula is C21H26BrNO4. The number of anilines is 1. The lowest BCUT2D eigenvalue weighted by atomic mass is 10.1. The number of hydrogen-bond donors (Lipinski definition) is 0. The highest BCUT2D eigenvalue weighted by molar-refractivity contribution is 9.10. The lowest BCUT2D eigenvalue weighted by Crippen LogP contribution is -2.34. The van der Waals surface area contributed by atoms with Crippen molar-refractivity contribution < 1.29 is 19.0 Å². The lowest BCUT2D eigenvalue weighted by molar-refractivity contribution is -0.153. The summed E-state index contributed by atoms with van der Waals surface area (Å²) in [4.78, 5) is 14.4. The van der Waals surface area contributed by atoms with Crippen LogP contribution in [0.15, 0.2) is 46.9 Å². The number of esters is 1. The monoisotopic (exact) mass is 435 g/mol. The first-order valence-electron chi connectivity index (χ1n) is 8.65. The Morgan fingerprint density at radius 1 is 1.04 bits per heavy atom. The van der Waals surface area contributed by atoms with Crippen LogP contribution < -0.4 is 14.4 Å². The van der Waals surface area contributed by atoms with Gasteiger partial charge < -0.3 is 19.1 Å². The molecule has 27 heavy (non-hydrogen) atoms. The molecule has 0 fully saturated rings. The molecule has 0 aromatic heterocycles. The van der Waals surface area contributed by atoms with E-state index in [1.54, 1.807) is 14.2 Å². The Kier molecular flexibility index (Phi) is 7.13. The first-order chi connectivity index (χ1) is 12.7. The highest BCUT2D eigenvalue weighted by Crippen LogP contribution is 2.34. The highest BCUT2D eigenvalue weighted by atomic mass is 79.9. The van der Waals surface area contributed by atoms with E-state index in [-0.39, 0.29) is 12.5 Å². The van der Waals surface area contributed by atoms with Crippen LogP contribution in [0.2, 0.25) is 0 Å².